The predicted molar refractivity (Wildman–Crippen MR) is 104 cm³/mol. The molecule has 2 aromatic carbocycles. The topological polar surface area (TPSA) is 31.2 Å². The molecule has 0 bridgehead atoms. The van der Waals surface area contributed by atoms with E-state index in [0.29, 0.717) is 18.7 Å². The highest BCUT2D eigenvalue weighted by Gasteiger charge is 2.15. The van der Waals surface area contributed by atoms with E-state index in [2.05, 4.69) is 15.9 Å². The Morgan fingerprint density at radius 3 is 2.48 bits per heavy atom. The normalized spacial score (nSPS) is 10.8. The van der Waals surface area contributed by atoms with Crippen molar-refractivity contribution in [2.24, 2.45) is 0 Å². The van der Waals surface area contributed by atoms with Crippen LogP contribution < -0.4 is 10.3 Å². The van der Waals surface area contributed by atoms with Gasteiger partial charge >= 0.3 is 0 Å². The van der Waals surface area contributed by atoms with E-state index in [1.807, 2.05) is 37.3 Å². The number of ether oxygens (including phenoxy) is 1. The Kier molecular flexibility index (Phi) is 6.06. The van der Waals surface area contributed by atoms with E-state index in [1.54, 1.807) is 10.6 Å². The number of hydrogen-bond acceptors (Lipinski definition) is 2. The zero-order valence-corrected chi connectivity index (χ0v) is 16.3. The van der Waals surface area contributed by atoms with Gasteiger partial charge in [-0.1, -0.05) is 37.3 Å². The summed E-state index contributed by atoms with van der Waals surface area (Å²) in [4.78, 5) is 12.8. The van der Waals surface area contributed by atoms with Gasteiger partial charge in [0.15, 0.2) is 0 Å². The van der Waals surface area contributed by atoms with Crippen molar-refractivity contribution in [1.29, 1.82) is 0 Å². The van der Waals surface area contributed by atoms with Gasteiger partial charge in [0.25, 0.3) is 5.56 Å². The van der Waals surface area contributed by atoms with Crippen molar-refractivity contribution < 1.29 is 13.5 Å². The lowest BCUT2D eigenvalue weighted by atomic mass is 10.2. The third kappa shape index (κ3) is 4.45. The molecule has 0 unspecified atom stereocenters. The molecule has 0 radical (unpaired) electrons. The van der Waals surface area contributed by atoms with Gasteiger partial charge < -0.3 is 9.30 Å². The highest BCUT2D eigenvalue weighted by molar-refractivity contribution is 9.10. The first-order valence-electron chi connectivity index (χ1n) is 8.52. The minimum atomic E-state index is -0.681. The number of rotatable bonds is 6. The van der Waals surface area contributed by atoms with Gasteiger partial charge in [-0.2, -0.15) is 0 Å². The molecule has 0 amide bonds. The lowest BCUT2D eigenvalue weighted by Crippen LogP contribution is -2.25. The smallest absolute Gasteiger partial charge is 0.269 e. The molecule has 0 fully saturated rings. The Bertz CT molecular complexity index is 1000. The lowest BCUT2D eigenvalue weighted by Gasteiger charge is -2.16. The van der Waals surface area contributed by atoms with Crippen LogP contribution in [-0.4, -0.2) is 4.57 Å². The zero-order chi connectivity index (χ0) is 19.4. The van der Waals surface area contributed by atoms with Crippen molar-refractivity contribution in [3.8, 4) is 5.75 Å². The van der Waals surface area contributed by atoms with E-state index in [9.17, 15) is 13.6 Å². The SMILES string of the molecule is CCc1cc(OCc2ccc(F)cc2F)c(Br)c(=O)n1Cc1ccccc1. The van der Waals surface area contributed by atoms with E-state index in [0.717, 1.165) is 17.3 Å². The van der Waals surface area contributed by atoms with Crippen molar-refractivity contribution in [3.63, 3.8) is 0 Å². The fourth-order valence-corrected chi connectivity index (χ4v) is 3.22. The molecule has 3 nitrogen and oxygen atoms in total. The second kappa shape index (κ2) is 8.48. The maximum Gasteiger partial charge on any atom is 0.269 e. The molecular weight excluding hydrogens is 416 g/mol. The first kappa shape index (κ1) is 19.3. The summed E-state index contributed by atoms with van der Waals surface area (Å²) >= 11 is 3.30. The Balaban J connectivity index is 1.89. The summed E-state index contributed by atoms with van der Waals surface area (Å²) in [5, 5.41) is 0. The summed E-state index contributed by atoms with van der Waals surface area (Å²) in [6.07, 6.45) is 0.636. The molecule has 0 aliphatic heterocycles. The van der Waals surface area contributed by atoms with E-state index in [4.69, 9.17) is 4.74 Å². The first-order valence-corrected chi connectivity index (χ1v) is 9.31. The highest BCUT2D eigenvalue weighted by Crippen LogP contribution is 2.25. The summed E-state index contributed by atoms with van der Waals surface area (Å²) in [5.41, 5.74) is 1.83. The van der Waals surface area contributed by atoms with Gasteiger partial charge in [0, 0.05) is 23.4 Å². The second-order valence-electron chi connectivity index (χ2n) is 6.07. The first-order chi connectivity index (χ1) is 13.0. The molecular formula is C21H18BrF2NO2. The summed E-state index contributed by atoms with van der Waals surface area (Å²) < 4.78 is 34.4. The molecule has 0 N–H and O–H groups in total. The molecule has 0 saturated carbocycles. The molecule has 6 heteroatoms. The van der Waals surface area contributed by atoms with Gasteiger partial charge in [-0.05, 0) is 40.0 Å². The van der Waals surface area contributed by atoms with Crippen molar-refractivity contribution in [2.75, 3.05) is 0 Å². The Labute approximate surface area is 164 Å². The molecule has 0 aliphatic rings. The maximum atomic E-state index is 13.8. The van der Waals surface area contributed by atoms with E-state index < -0.39 is 11.6 Å². The third-order valence-corrected chi connectivity index (χ3v) is 4.97. The second-order valence-corrected chi connectivity index (χ2v) is 6.86. The van der Waals surface area contributed by atoms with Crippen LogP contribution in [0.25, 0.3) is 0 Å². The largest absolute Gasteiger partial charge is 0.487 e. The lowest BCUT2D eigenvalue weighted by molar-refractivity contribution is 0.295. The molecule has 0 aliphatic carbocycles. The Morgan fingerprint density at radius 1 is 1.07 bits per heavy atom. The Hall–Kier alpha value is -2.47. The zero-order valence-electron chi connectivity index (χ0n) is 14.7. The van der Waals surface area contributed by atoms with Crippen LogP contribution in [0.4, 0.5) is 8.78 Å². The Morgan fingerprint density at radius 2 is 1.81 bits per heavy atom. The molecule has 27 heavy (non-hydrogen) atoms. The van der Waals surface area contributed by atoms with Gasteiger partial charge in [0.05, 0.1) is 6.54 Å². The number of benzene rings is 2. The van der Waals surface area contributed by atoms with Crippen molar-refractivity contribution in [2.45, 2.75) is 26.5 Å². The van der Waals surface area contributed by atoms with Gasteiger partial charge in [-0.25, -0.2) is 8.78 Å². The molecule has 0 spiro atoms. The fraction of sp³-hybridized carbons (Fsp3) is 0.190. The molecule has 1 aromatic heterocycles. The molecule has 3 rings (SSSR count). The van der Waals surface area contributed by atoms with Gasteiger partial charge in [-0.3, -0.25) is 4.79 Å². The molecule has 1 heterocycles. The van der Waals surface area contributed by atoms with Gasteiger partial charge in [-0.15, -0.1) is 0 Å². The van der Waals surface area contributed by atoms with Crippen LogP contribution in [0.2, 0.25) is 0 Å². The standard InChI is InChI=1S/C21H18BrF2NO2/c1-2-17-11-19(27-13-15-8-9-16(23)10-18(15)24)20(22)21(26)25(17)12-14-6-4-3-5-7-14/h3-11H,2,12-13H2,1H3. The predicted octanol–water partition coefficient (Wildman–Crippen LogP) is 5.08. The average molecular weight is 434 g/mol. The number of halogens is 3. The highest BCUT2D eigenvalue weighted by atomic mass is 79.9. The van der Waals surface area contributed by atoms with Crippen LogP contribution in [0.1, 0.15) is 23.7 Å². The minimum absolute atomic E-state index is 0.101. The van der Waals surface area contributed by atoms with Crippen LogP contribution in [0.5, 0.6) is 5.75 Å². The summed E-state index contributed by atoms with van der Waals surface area (Å²) in [7, 11) is 0. The quantitative estimate of drug-likeness (QED) is 0.542. The van der Waals surface area contributed by atoms with Gasteiger partial charge in [0.2, 0.25) is 0 Å². The van der Waals surface area contributed by atoms with Crippen molar-refractivity contribution >= 4 is 15.9 Å². The number of pyridine rings is 1. The van der Waals surface area contributed by atoms with Crippen molar-refractivity contribution in [1.82, 2.24) is 4.57 Å². The average Bonchev–Trinajstić information content (AvgIpc) is 2.67. The summed E-state index contributed by atoms with van der Waals surface area (Å²) in [5.74, 6) is -0.988. The number of hydrogen-bond donors (Lipinski definition) is 0. The van der Waals surface area contributed by atoms with Crippen LogP contribution in [0.3, 0.4) is 0 Å². The molecule has 0 atom stereocenters. The van der Waals surface area contributed by atoms with Gasteiger partial charge in [0.1, 0.15) is 28.5 Å². The summed E-state index contributed by atoms with van der Waals surface area (Å²) in [6, 6.07) is 14.8. The van der Waals surface area contributed by atoms with E-state index in [-0.39, 0.29) is 22.2 Å². The van der Waals surface area contributed by atoms with E-state index >= 15 is 0 Å². The van der Waals surface area contributed by atoms with Crippen molar-refractivity contribution in [3.05, 3.63) is 97.9 Å². The van der Waals surface area contributed by atoms with Crippen LogP contribution in [0.15, 0.2) is 63.9 Å². The minimum Gasteiger partial charge on any atom is -0.487 e. The number of nitrogens with zero attached hydrogens (tertiary/aromatic N) is 1. The van der Waals surface area contributed by atoms with E-state index in [1.165, 1.54) is 12.1 Å². The molecule has 140 valence electrons. The van der Waals surface area contributed by atoms with Crippen LogP contribution >= 0.6 is 15.9 Å². The molecule has 3 aromatic rings. The maximum absolute atomic E-state index is 13.8. The third-order valence-electron chi connectivity index (χ3n) is 4.24. The molecule has 0 saturated heterocycles. The van der Waals surface area contributed by atoms with Crippen LogP contribution in [-0.2, 0) is 19.6 Å². The monoisotopic (exact) mass is 433 g/mol. The summed E-state index contributed by atoms with van der Waals surface area (Å²) in [6.45, 7) is 2.30. The van der Waals surface area contributed by atoms with Crippen LogP contribution in [0, 0.1) is 11.6 Å². The fourth-order valence-electron chi connectivity index (χ4n) is 2.78. The number of aryl methyl sites for hydroxylation is 1. The number of aromatic nitrogens is 1.